The summed E-state index contributed by atoms with van der Waals surface area (Å²) in [7, 11) is 0. The van der Waals surface area contributed by atoms with Gasteiger partial charge in [-0.25, -0.2) is 0 Å². The number of hydrogen-bond acceptors (Lipinski definition) is 3. The third-order valence-electron chi connectivity index (χ3n) is 2.99. The second-order valence-corrected chi connectivity index (χ2v) is 5.36. The summed E-state index contributed by atoms with van der Waals surface area (Å²) >= 11 is 3.48. The van der Waals surface area contributed by atoms with E-state index >= 15 is 0 Å². The van der Waals surface area contributed by atoms with Crippen LogP contribution in [0.15, 0.2) is 52.1 Å². The first kappa shape index (κ1) is 14.4. The number of hydrogen-bond donors (Lipinski definition) is 3. The Hall–Kier alpha value is -2.01. The maximum atomic E-state index is 8.69. The lowest BCUT2D eigenvalue weighted by molar-refractivity contribution is 0.318. The topological polar surface area (TPSA) is 70.6 Å². The van der Waals surface area contributed by atoms with Gasteiger partial charge >= 0.3 is 0 Å². The predicted octanol–water partition coefficient (Wildman–Crippen LogP) is 3.46. The molecule has 20 heavy (non-hydrogen) atoms. The molecule has 0 aliphatic rings. The lowest BCUT2D eigenvalue weighted by Gasteiger charge is -2.09. The van der Waals surface area contributed by atoms with Crippen LogP contribution in [0.5, 0.6) is 0 Å². The molecule has 0 spiro atoms. The van der Waals surface area contributed by atoms with E-state index in [1.54, 1.807) is 0 Å². The minimum atomic E-state index is 0.117. The molecule has 0 aromatic heterocycles. The SMILES string of the molecule is Cc1cc(NCc2cccc(C(N)=NO)c2)ccc1Br. The number of anilines is 1. The third-order valence-corrected chi connectivity index (χ3v) is 3.87. The van der Waals surface area contributed by atoms with Crippen molar-refractivity contribution in [2.75, 3.05) is 5.32 Å². The fourth-order valence-corrected chi connectivity index (χ4v) is 2.10. The van der Waals surface area contributed by atoms with Crippen molar-refractivity contribution >= 4 is 27.5 Å². The highest BCUT2D eigenvalue weighted by Gasteiger charge is 2.01. The van der Waals surface area contributed by atoms with E-state index in [0.29, 0.717) is 12.1 Å². The molecule has 2 rings (SSSR count). The highest BCUT2D eigenvalue weighted by Crippen LogP contribution is 2.20. The molecule has 0 fully saturated rings. The molecule has 0 aliphatic carbocycles. The molecule has 5 heteroatoms. The standard InChI is InChI=1S/C15H16BrN3O/c1-10-7-13(5-6-14(10)16)18-9-11-3-2-4-12(8-11)15(17)19-20/h2-8,18,20H,9H2,1H3,(H2,17,19). The Labute approximate surface area is 126 Å². The van der Waals surface area contributed by atoms with Gasteiger partial charge in [-0.15, -0.1) is 0 Å². The van der Waals surface area contributed by atoms with Gasteiger partial charge in [-0.3, -0.25) is 0 Å². The predicted molar refractivity (Wildman–Crippen MR) is 85.2 cm³/mol. The Morgan fingerprint density at radius 2 is 2.10 bits per heavy atom. The van der Waals surface area contributed by atoms with Crippen molar-refractivity contribution in [1.29, 1.82) is 0 Å². The van der Waals surface area contributed by atoms with Gasteiger partial charge in [-0.2, -0.15) is 0 Å². The zero-order chi connectivity index (χ0) is 14.5. The van der Waals surface area contributed by atoms with Crippen LogP contribution in [0.25, 0.3) is 0 Å². The molecule has 0 amide bonds. The summed E-state index contributed by atoms with van der Waals surface area (Å²) in [6.07, 6.45) is 0. The van der Waals surface area contributed by atoms with E-state index < -0.39 is 0 Å². The lowest BCUT2D eigenvalue weighted by Crippen LogP contribution is -2.13. The second-order valence-electron chi connectivity index (χ2n) is 4.50. The molecule has 0 heterocycles. The Bertz CT molecular complexity index is 641. The summed E-state index contributed by atoms with van der Waals surface area (Å²) in [4.78, 5) is 0. The van der Waals surface area contributed by atoms with E-state index in [1.807, 2.05) is 43.3 Å². The van der Waals surface area contributed by atoms with Crippen LogP contribution in [0.4, 0.5) is 5.69 Å². The minimum Gasteiger partial charge on any atom is -0.409 e. The van der Waals surface area contributed by atoms with Gasteiger partial charge in [0.05, 0.1) is 0 Å². The smallest absolute Gasteiger partial charge is 0.170 e. The van der Waals surface area contributed by atoms with Gasteiger partial charge in [-0.05, 0) is 42.3 Å². The van der Waals surface area contributed by atoms with Crippen LogP contribution >= 0.6 is 15.9 Å². The first-order chi connectivity index (χ1) is 9.60. The first-order valence-corrected chi connectivity index (χ1v) is 6.96. The molecule has 0 saturated heterocycles. The van der Waals surface area contributed by atoms with Gasteiger partial charge in [0.1, 0.15) is 0 Å². The fraction of sp³-hybridized carbons (Fsp3) is 0.133. The highest BCUT2D eigenvalue weighted by atomic mass is 79.9. The summed E-state index contributed by atoms with van der Waals surface area (Å²) < 4.78 is 1.09. The zero-order valence-electron chi connectivity index (χ0n) is 11.1. The van der Waals surface area contributed by atoms with Gasteiger partial charge in [-0.1, -0.05) is 39.3 Å². The Morgan fingerprint density at radius 3 is 2.80 bits per heavy atom. The van der Waals surface area contributed by atoms with Crippen molar-refractivity contribution in [2.24, 2.45) is 10.9 Å². The molecule has 104 valence electrons. The molecule has 0 radical (unpaired) electrons. The van der Waals surface area contributed by atoms with E-state index in [-0.39, 0.29) is 5.84 Å². The van der Waals surface area contributed by atoms with Crippen molar-refractivity contribution in [1.82, 2.24) is 0 Å². The number of oxime groups is 1. The van der Waals surface area contributed by atoms with Crippen molar-refractivity contribution in [3.05, 3.63) is 63.6 Å². The Balaban J connectivity index is 2.09. The van der Waals surface area contributed by atoms with Crippen molar-refractivity contribution < 1.29 is 5.21 Å². The van der Waals surface area contributed by atoms with Crippen LogP contribution < -0.4 is 11.1 Å². The Morgan fingerprint density at radius 1 is 1.30 bits per heavy atom. The molecular weight excluding hydrogens is 318 g/mol. The number of aryl methyl sites for hydroxylation is 1. The second kappa shape index (κ2) is 6.43. The summed E-state index contributed by atoms with van der Waals surface area (Å²) in [5.41, 5.74) is 9.59. The van der Waals surface area contributed by atoms with Crippen LogP contribution in [0.2, 0.25) is 0 Å². The van der Waals surface area contributed by atoms with Gasteiger partial charge in [0.15, 0.2) is 5.84 Å². The molecule has 2 aromatic carbocycles. The number of benzene rings is 2. The van der Waals surface area contributed by atoms with E-state index in [9.17, 15) is 0 Å². The quantitative estimate of drug-likeness (QED) is 0.347. The van der Waals surface area contributed by atoms with Gasteiger partial charge in [0, 0.05) is 22.3 Å². The summed E-state index contributed by atoms with van der Waals surface area (Å²) in [5, 5.41) is 15.0. The van der Waals surface area contributed by atoms with Crippen molar-refractivity contribution in [3.8, 4) is 0 Å². The molecule has 0 bridgehead atoms. The molecule has 0 atom stereocenters. The number of amidine groups is 1. The third kappa shape index (κ3) is 3.51. The summed E-state index contributed by atoms with van der Waals surface area (Å²) in [5.74, 6) is 0.117. The molecule has 0 saturated carbocycles. The average molecular weight is 334 g/mol. The summed E-state index contributed by atoms with van der Waals surface area (Å²) in [6, 6.07) is 13.7. The number of nitrogens with one attached hydrogen (secondary N) is 1. The minimum absolute atomic E-state index is 0.117. The highest BCUT2D eigenvalue weighted by molar-refractivity contribution is 9.10. The average Bonchev–Trinajstić information content (AvgIpc) is 2.48. The van der Waals surface area contributed by atoms with Crippen LogP contribution in [-0.2, 0) is 6.54 Å². The molecule has 4 nitrogen and oxygen atoms in total. The van der Waals surface area contributed by atoms with Crippen LogP contribution in [-0.4, -0.2) is 11.0 Å². The lowest BCUT2D eigenvalue weighted by atomic mass is 10.1. The maximum absolute atomic E-state index is 8.69. The molecule has 4 N–H and O–H groups in total. The number of nitrogens with zero attached hydrogens (tertiary/aromatic N) is 1. The molecule has 0 unspecified atom stereocenters. The van der Waals surface area contributed by atoms with Crippen LogP contribution in [0.3, 0.4) is 0 Å². The van der Waals surface area contributed by atoms with Gasteiger partial charge in [0.25, 0.3) is 0 Å². The van der Waals surface area contributed by atoms with Gasteiger partial charge in [0.2, 0.25) is 0 Å². The molecule has 2 aromatic rings. The Kier molecular flexibility index (Phi) is 4.63. The van der Waals surface area contributed by atoms with E-state index in [4.69, 9.17) is 10.9 Å². The van der Waals surface area contributed by atoms with Crippen molar-refractivity contribution in [2.45, 2.75) is 13.5 Å². The number of halogens is 1. The van der Waals surface area contributed by atoms with E-state index in [0.717, 1.165) is 15.7 Å². The monoisotopic (exact) mass is 333 g/mol. The first-order valence-electron chi connectivity index (χ1n) is 6.17. The van der Waals surface area contributed by atoms with Crippen LogP contribution in [0.1, 0.15) is 16.7 Å². The van der Waals surface area contributed by atoms with Crippen molar-refractivity contribution in [3.63, 3.8) is 0 Å². The number of rotatable bonds is 4. The summed E-state index contributed by atoms with van der Waals surface area (Å²) in [6.45, 7) is 2.72. The van der Waals surface area contributed by atoms with E-state index in [1.165, 1.54) is 5.56 Å². The van der Waals surface area contributed by atoms with Crippen LogP contribution in [0, 0.1) is 6.92 Å². The molecule has 0 aliphatic heterocycles. The van der Waals surface area contributed by atoms with Gasteiger partial charge < -0.3 is 16.3 Å². The zero-order valence-corrected chi connectivity index (χ0v) is 12.7. The fourth-order valence-electron chi connectivity index (χ4n) is 1.86. The van der Waals surface area contributed by atoms with E-state index in [2.05, 4.69) is 32.5 Å². The largest absolute Gasteiger partial charge is 0.409 e. The number of nitrogens with two attached hydrogens (primary N) is 1. The molecular formula is C15H16BrN3O. The maximum Gasteiger partial charge on any atom is 0.170 e. The normalized spacial score (nSPS) is 11.4.